The third-order valence-electron chi connectivity index (χ3n) is 4.40. The number of fused-ring (bicyclic) bond motifs is 1. The number of hydrogen-bond acceptors (Lipinski definition) is 3. The van der Waals surface area contributed by atoms with Crippen molar-refractivity contribution in [2.24, 2.45) is 11.8 Å². The fourth-order valence-corrected chi connectivity index (χ4v) is 3.13. The molecule has 0 aliphatic carbocycles. The molecule has 3 atom stereocenters. The van der Waals surface area contributed by atoms with Crippen LogP contribution in [0.15, 0.2) is 24.3 Å². The van der Waals surface area contributed by atoms with Crippen LogP contribution in [-0.4, -0.2) is 36.2 Å². The Balaban J connectivity index is 1.92. The van der Waals surface area contributed by atoms with E-state index in [0.29, 0.717) is 13.0 Å². The fraction of sp³-hybridized carbons (Fsp3) is 0.500. The van der Waals surface area contributed by atoms with E-state index in [-0.39, 0.29) is 18.4 Å². The second-order valence-corrected chi connectivity index (χ2v) is 5.87. The molecule has 0 spiro atoms. The third kappa shape index (κ3) is 2.53. The van der Waals surface area contributed by atoms with Crippen molar-refractivity contribution >= 4 is 17.6 Å². The van der Waals surface area contributed by atoms with Crippen LogP contribution >= 0.6 is 0 Å². The van der Waals surface area contributed by atoms with E-state index in [1.165, 1.54) is 0 Å². The normalized spacial score (nSPS) is 28.2. The molecular weight excluding hydrogens is 270 g/mol. The van der Waals surface area contributed by atoms with Gasteiger partial charge in [-0.3, -0.25) is 9.59 Å². The number of para-hydroxylation sites is 1. The number of nitrogens with zero attached hydrogens (tertiary/aromatic N) is 1. The van der Waals surface area contributed by atoms with Gasteiger partial charge in [-0.2, -0.15) is 0 Å². The van der Waals surface area contributed by atoms with E-state index in [2.05, 4.69) is 0 Å². The van der Waals surface area contributed by atoms with Gasteiger partial charge in [-0.15, -0.1) is 0 Å². The van der Waals surface area contributed by atoms with Crippen LogP contribution in [0.4, 0.5) is 5.69 Å². The first kappa shape index (κ1) is 14.1. The molecule has 0 bridgehead atoms. The Morgan fingerprint density at radius 1 is 1.33 bits per heavy atom. The molecule has 5 nitrogen and oxygen atoms in total. The van der Waals surface area contributed by atoms with Crippen LogP contribution < -0.4 is 4.90 Å². The number of benzene rings is 1. The Kier molecular flexibility index (Phi) is 3.68. The maximum atomic E-state index is 12.7. The molecule has 0 saturated carbocycles. The monoisotopic (exact) mass is 289 g/mol. The molecule has 1 aromatic rings. The maximum Gasteiger partial charge on any atom is 0.308 e. The summed E-state index contributed by atoms with van der Waals surface area (Å²) in [6.07, 6.45) is 0.885. The van der Waals surface area contributed by atoms with E-state index in [1.807, 2.05) is 31.2 Å². The van der Waals surface area contributed by atoms with Gasteiger partial charge in [0, 0.05) is 18.8 Å². The molecular formula is C16H19NO4. The van der Waals surface area contributed by atoms with Crippen molar-refractivity contribution in [2.45, 2.75) is 25.9 Å². The van der Waals surface area contributed by atoms with Gasteiger partial charge in [-0.05, 0) is 30.4 Å². The van der Waals surface area contributed by atoms with E-state index >= 15 is 0 Å². The van der Waals surface area contributed by atoms with E-state index in [9.17, 15) is 14.7 Å². The molecule has 1 fully saturated rings. The molecule has 1 saturated heterocycles. The Morgan fingerprint density at radius 2 is 2.10 bits per heavy atom. The average Bonchev–Trinajstić information content (AvgIpc) is 2.91. The maximum absolute atomic E-state index is 12.7. The summed E-state index contributed by atoms with van der Waals surface area (Å²) < 4.78 is 5.55. The lowest BCUT2D eigenvalue weighted by Gasteiger charge is -2.34. The predicted molar refractivity (Wildman–Crippen MR) is 77.1 cm³/mol. The van der Waals surface area contributed by atoms with Crippen LogP contribution in [0.2, 0.25) is 0 Å². The van der Waals surface area contributed by atoms with Gasteiger partial charge < -0.3 is 14.7 Å². The molecule has 5 heteroatoms. The summed E-state index contributed by atoms with van der Waals surface area (Å²) in [6, 6.07) is 7.52. The van der Waals surface area contributed by atoms with Crippen LogP contribution in [0, 0.1) is 11.8 Å². The van der Waals surface area contributed by atoms with Gasteiger partial charge in [0.25, 0.3) is 5.91 Å². The van der Waals surface area contributed by atoms with Crippen LogP contribution in [0.5, 0.6) is 0 Å². The molecule has 3 rings (SSSR count). The van der Waals surface area contributed by atoms with Crippen LogP contribution in [-0.2, 0) is 20.7 Å². The van der Waals surface area contributed by atoms with Gasteiger partial charge in [0.1, 0.15) is 6.10 Å². The van der Waals surface area contributed by atoms with Gasteiger partial charge in [-0.25, -0.2) is 0 Å². The molecule has 1 N–H and O–H groups in total. The van der Waals surface area contributed by atoms with E-state index in [1.54, 1.807) is 4.90 Å². The molecule has 2 aliphatic heterocycles. The third-order valence-corrected chi connectivity index (χ3v) is 4.40. The molecule has 21 heavy (non-hydrogen) atoms. The summed E-state index contributed by atoms with van der Waals surface area (Å²) in [5.74, 6) is -1.35. The van der Waals surface area contributed by atoms with Gasteiger partial charge >= 0.3 is 5.97 Å². The second kappa shape index (κ2) is 5.48. The highest BCUT2D eigenvalue weighted by atomic mass is 16.5. The fourth-order valence-electron chi connectivity index (χ4n) is 3.13. The average molecular weight is 289 g/mol. The molecule has 2 aliphatic rings. The summed E-state index contributed by atoms with van der Waals surface area (Å²) in [4.78, 5) is 25.7. The van der Waals surface area contributed by atoms with Crippen LogP contribution in [0.3, 0.4) is 0 Å². The molecule has 112 valence electrons. The topological polar surface area (TPSA) is 66.8 Å². The van der Waals surface area contributed by atoms with Crippen LogP contribution in [0.1, 0.15) is 18.9 Å². The summed E-state index contributed by atoms with van der Waals surface area (Å²) >= 11 is 0. The van der Waals surface area contributed by atoms with E-state index in [0.717, 1.165) is 17.7 Å². The first-order valence-corrected chi connectivity index (χ1v) is 7.31. The molecule has 0 aromatic heterocycles. The number of aliphatic carboxylic acids is 1. The van der Waals surface area contributed by atoms with Crippen molar-refractivity contribution in [2.75, 3.05) is 18.1 Å². The Morgan fingerprint density at radius 3 is 2.76 bits per heavy atom. The first-order chi connectivity index (χ1) is 10.1. The summed E-state index contributed by atoms with van der Waals surface area (Å²) in [5, 5.41) is 9.31. The molecule has 1 aromatic carbocycles. The number of carboxylic acids is 1. The number of carbonyl (C=O) groups is 2. The lowest BCUT2D eigenvalue weighted by Crippen LogP contribution is -2.48. The Hall–Kier alpha value is -1.88. The number of ether oxygens (including phenoxy) is 1. The molecule has 1 amide bonds. The highest BCUT2D eigenvalue weighted by molar-refractivity contribution is 5.98. The second-order valence-electron chi connectivity index (χ2n) is 5.87. The Labute approximate surface area is 123 Å². The predicted octanol–water partition coefficient (Wildman–Crippen LogP) is 1.70. The van der Waals surface area contributed by atoms with Crippen molar-refractivity contribution in [3.63, 3.8) is 0 Å². The molecule has 0 radical (unpaired) electrons. The number of amides is 1. The van der Waals surface area contributed by atoms with E-state index in [4.69, 9.17) is 4.74 Å². The summed E-state index contributed by atoms with van der Waals surface area (Å²) in [5.41, 5.74) is 1.73. The SMILES string of the molecule is CC1CCOC1C(=O)N1CC(C(=O)O)Cc2ccccc21. The van der Waals surface area contributed by atoms with Crippen molar-refractivity contribution in [1.29, 1.82) is 0 Å². The smallest absolute Gasteiger partial charge is 0.308 e. The number of carbonyl (C=O) groups excluding carboxylic acids is 1. The van der Waals surface area contributed by atoms with Crippen LogP contribution in [0.25, 0.3) is 0 Å². The lowest BCUT2D eigenvalue weighted by atomic mass is 9.91. The molecule has 3 unspecified atom stereocenters. The van der Waals surface area contributed by atoms with Crippen molar-refractivity contribution in [1.82, 2.24) is 0 Å². The van der Waals surface area contributed by atoms with Crippen molar-refractivity contribution in [3.8, 4) is 0 Å². The zero-order valence-corrected chi connectivity index (χ0v) is 12.0. The minimum Gasteiger partial charge on any atom is -0.481 e. The van der Waals surface area contributed by atoms with Gasteiger partial charge in [-0.1, -0.05) is 25.1 Å². The minimum atomic E-state index is -0.859. The number of rotatable bonds is 2. The zero-order chi connectivity index (χ0) is 15.0. The first-order valence-electron chi connectivity index (χ1n) is 7.31. The quantitative estimate of drug-likeness (QED) is 0.900. The molecule has 2 heterocycles. The zero-order valence-electron chi connectivity index (χ0n) is 12.0. The number of carboxylic acid groups (broad SMARTS) is 1. The number of hydrogen-bond donors (Lipinski definition) is 1. The standard InChI is InChI=1S/C16H19NO4/c1-10-6-7-21-14(10)15(18)17-9-12(16(19)20)8-11-4-2-3-5-13(11)17/h2-5,10,12,14H,6-9H2,1H3,(H,19,20). The van der Waals surface area contributed by atoms with Gasteiger partial charge in [0.15, 0.2) is 0 Å². The van der Waals surface area contributed by atoms with Gasteiger partial charge in [0.2, 0.25) is 0 Å². The summed E-state index contributed by atoms with van der Waals surface area (Å²) in [6.45, 7) is 2.81. The minimum absolute atomic E-state index is 0.113. The largest absolute Gasteiger partial charge is 0.481 e. The number of anilines is 1. The van der Waals surface area contributed by atoms with Crippen molar-refractivity contribution < 1.29 is 19.4 Å². The summed E-state index contributed by atoms with van der Waals surface area (Å²) in [7, 11) is 0. The van der Waals surface area contributed by atoms with Gasteiger partial charge in [0.05, 0.1) is 5.92 Å². The van der Waals surface area contributed by atoms with E-state index < -0.39 is 18.0 Å². The van der Waals surface area contributed by atoms with Crippen molar-refractivity contribution in [3.05, 3.63) is 29.8 Å². The lowest BCUT2D eigenvalue weighted by molar-refractivity contribution is -0.141. The highest BCUT2D eigenvalue weighted by Gasteiger charge is 2.39. The Bertz CT molecular complexity index is 571. The highest BCUT2D eigenvalue weighted by Crippen LogP contribution is 2.32.